The molecule has 4 aromatic rings. The van der Waals surface area contributed by atoms with Crippen molar-refractivity contribution in [3.8, 4) is 23.0 Å². The smallest absolute Gasteiger partial charge is 0.162 e. The Morgan fingerprint density at radius 2 is 1.48 bits per heavy atom. The molecule has 0 bridgehead atoms. The molecule has 0 radical (unpaired) electrons. The van der Waals surface area contributed by atoms with E-state index >= 15 is 0 Å². The second kappa shape index (κ2) is 13.4. The first-order valence-electron chi connectivity index (χ1n) is 14.2. The maximum absolute atomic E-state index is 11.6. The lowest BCUT2D eigenvalue weighted by molar-refractivity contribution is 0.101. The van der Waals surface area contributed by atoms with Crippen LogP contribution >= 0.6 is 0 Å². The van der Waals surface area contributed by atoms with Crippen LogP contribution in [0.1, 0.15) is 56.7 Å². The topological polar surface area (TPSA) is 66.0 Å². The highest BCUT2D eigenvalue weighted by Crippen LogP contribution is 2.37. The van der Waals surface area contributed by atoms with Gasteiger partial charge in [0.2, 0.25) is 0 Å². The zero-order valence-electron chi connectivity index (χ0n) is 24.6. The van der Waals surface area contributed by atoms with Crippen LogP contribution in [0.25, 0.3) is 6.08 Å². The Balaban J connectivity index is 1.34. The van der Waals surface area contributed by atoms with Crippen LogP contribution in [0, 0.1) is 6.92 Å². The summed E-state index contributed by atoms with van der Waals surface area (Å²) in [5.74, 6) is 2.87. The van der Waals surface area contributed by atoms with Crippen molar-refractivity contribution in [1.29, 1.82) is 0 Å². The number of aryl methyl sites for hydroxylation is 1. The van der Waals surface area contributed by atoms with Crippen LogP contribution in [0.2, 0.25) is 0 Å². The van der Waals surface area contributed by atoms with Gasteiger partial charge in [0.25, 0.3) is 0 Å². The molecule has 0 saturated heterocycles. The standard InChI is InChI=1S/C36H37NO5/c1-24-18-33(39-3)35(42-23-27-10-12-28(13-11-27)25(2)38)19-29(24)14-15-32-31-21-34(40-4)36(20-30(31)16-17-37-32)41-22-26-8-6-5-7-9-26/h5-15,18-21,32,37H,16-17,22-23H2,1-4H3/b15-14+. The van der Waals surface area contributed by atoms with E-state index in [1.165, 1.54) is 11.1 Å². The second-order valence-electron chi connectivity index (χ2n) is 10.4. The monoisotopic (exact) mass is 563 g/mol. The van der Waals surface area contributed by atoms with Crippen molar-refractivity contribution in [2.45, 2.75) is 39.5 Å². The second-order valence-corrected chi connectivity index (χ2v) is 10.4. The summed E-state index contributed by atoms with van der Waals surface area (Å²) in [5, 5.41) is 3.63. The zero-order valence-corrected chi connectivity index (χ0v) is 24.6. The molecule has 0 amide bonds. The minimum absolute atomic E-state index is 0.0245. The van der Waals surface area contributed by atoms with Gasteiger partial charge in [-0.25, -0.2) is 0 Å². The van der Waals surface area contributed by atoms with E-state index in [2.05, 4.69) is 48.7 Å². The molecule has 6 heteroatoms. The Labute approximate surface area is 247 Å². The molecular weight excluding hydrogens is 526 g/mol. The van der Waals surface area contributed by atoms with E-state index < -0.39 is 0 Å². The van der Waals surface area contributed by atoms with Crippen LogP contribution in [0.15, 0.2) is 84.9 Å². The predicted octanol–water partition coefficient (Wildman–Crippen LogP) is 7.27. The van der Waals surface area contributed by atoms with E-state index in [-0.39, 0.29) is 11.8 Å². The number of benzene rings is 4. The van der Waals surface area contributed by atoms with Gasteiger partial charge in [0, 0.05) is 12.1 Å². The zero-order chi connectivity index (χ0) is 29.5. The summed E-state index contributed by atoms with van der Waals surface area (Å²) < 4.78 is 23.7. The predicted molar refractivity (Wildman–Crippen MR) is 166 cm³/mol. The normalized spacial score (nSPS) is 14.3. The lowest BCUT2D eigenvalue weighted by Gasteiger charge is -2.26. The summed E-state index contributed by atoms with van der Waals surface area (Å²) in [6.45, 7) is 5.35. The van der Waals surface area contributed by atoms with Crippen LogP contribution in [0.5, 0.6) is 23.0 Å². The molecule has 1 atom stereocenters. The Kier molecular flexibility index (Phi) is 9.25. The van der Waals surface area contributed by atoms with Gasteiger partial charge in [0.1, 0.15) is 13.2 Å². The van der Waals surface area contributed by atoms with Gasteiger partial charge in [-0.05, 0) is 77.9 Å². The molecule has 5 rings (SSSR count). The molecular formula is C36H37NO5. The third kappa shape index (κ3) is 6.84. The van der Waals surface area contributed by atoms with Gasteiger partial charge >= 0.3 is 0 Å². The van der Waals surface area contributed by atoms with Gasteiger partial charge < -0.3 is 24.3 Å². The summed E-state index contributed by atoms with van der Waals surface area (Å²) in [5.41, 5.74) is 7.33. The average Bonchev–Trinajstić information content (AvgIpc) is 3.02. The molecule has 6 nitrogen and oxygen atoms in total. The number of carbonyl (C=O) groups is 1. The van der Waals surface area contributed by atoms with Crippen molar-refractivity contribution in [2.75, 3.05) is 20.8 Å². The molecule has 42 heavy (non-hydrogen) atoms. The van der Waals surface area contributed by atoms with Crippen LogP contribution in [0.4, 0.5) is 0 Å². The number of hydrogen-bond acceptors (Lipinski definition) is 6. The fourth-order valence-corrected chi connectivity index (χ4v) is 5.10. The number of ketones is 1. The van der Waals surface area contributed by atoms with Crippen LogP contribution in [-0.4, -0.2) is 26.5 Å². The highest BCUT2D eigenvalue weighted by molar-refractivity contribution is 5.94. The van der Waals surface area contributed by atoms with Crippen molar-refractivity contribution in [3.63, 3.8) is 0 Å². The molecule has 0 aliphatic carbocycles. The Bertz CT molecular complexity index is 1560. The van der Waals surface area contributed by atoms with E-state index in [4.69, 9.17) is 18.9 Å². The van der Waals surface area contributed by atoms with Gasteiger partial charge in [-0.1, -0.05) is 66.7 Å². The Morgan fingerprint density at radius 3 is 2.14 bits per heavy atom. The lowest BCUT2D eigenvalue weighted by atomic mass is 9.92. The summed E-state index contributed by atoms with van der Waals surface area (Å²) in [6.07, 6.45) is 5.22. The van der Waals surface area contributed by atoms with Crippen LogP contribution in [0.3, 0.4) is 0 Å². The maximum atomic E-state index is 11.6. The van der Waals surface area contributed by atoms with Crippen molar-refractivity contribution in [2.24, 2.45) is 0 Å². The number of ether oxygens (including phenoxy) is 4. The van der Waals surface area contributed by atoms with Gasteiger partial charge in [-0.2, -0.15) is 0 Å². The molecule has 1 heterocycles. The minimum atomic E-state index is 0.0245. The summed E-state index contributed by atoms with van der Waals surface area (Å²) in [4.78, 5) is 11.6. The van der Waals surface area contributed by atoms with E-state index in [1.54, 1.807) is 21.1 Å². The Hall–Kier alpha value is -4.55. The van der Waals surface area contributed by atoms with E-state index in [1.807, 2.05) is 54.6 Å². The number of Topliss-reactive ketones (excluding diaryl/α,β-unsaturated/α-hetero) is 1. The molecule has 4 aromatic carbocycles. The summed E-state index contributed by atoms with van der Waals surface area (Å²) in [7, 11) is 3.32. The SMILES string of the molecule is COc1cc(C)c(/C=C/C2NCCc3cc(OCc4ccccc4)c(OC)cc32)cc1OCc1ccc(C(C)=O)cc1. The largest absolute Gasteiger partial charge is 0.493 e. The van der Waals surface area contributed by atoms with Crippen molar-refractivity contribution in [1.82, 2.24) is 5.32 Å². The molecule has 216 valence electrons. The van der Waals surface area contributed by atoms with E-state index in [0.717, 1.165) is 46.7 Å². The molecule has 1 aliphatic rings. The van der Waals surface area contributed by atoms with Crippen molar-refractivity contribution >= 4 is 11.9 Å². The van der Waals surface area contributed by atoms with Gasteiger partial charge in [-0.3, -0.25) is 4.79 Å². The first-order valence-corrected chi connectivity index (χ1v) is 14.2. The number of methoxy groups -OCH3 is 2. The van der Waals surface area contributed by atoms with Crippen LogP contribution < -0.4 is 24.3 Å². The first-order chi connectivity index (χ1) is 20.4. The van der Waals surface area contributed by atoms with Gasteiger partial charge in [0.15, 0.2) is 28.8 Å². The molecule has 0 aromatic heterocycles. The molecule has 0 saturated carbocycles. The fraction of sp³-hybridized carbons (Fsp3) is 0.250. The van der Waals surface area contributed by atoms with Crippen molar-refractivity contribution in [3.05, 3.63) is 124 Å². The minimum Gasteiger partial charge on any atom is -0.493 e. The Morgan fingerprint density at radius 1 is 0.833 bits per heavy atom. The third-order valence-electron chi connectivity index (χ3n) is 7.53. The number of fused-ring (bicyclic) bond motifs is 1. The van der Waals surface area contributed by atoms with Crippen LogP contribution in [-0.2, 0) is 19.6 Å². The number of hydrogen-bond donors (Lipinski definition) is 1. The fourth-order valence-electron chi connectivity index (χ4n) is 5.10. The van der Waals surface area contributed by atoms with Crippen molar-refractivity contribution < 1.29 is 23.7 Å². The average molecular weight is 564 g/mol. The summed E-state index contributed by atoms with van der Waals surface area (Å²) >= 11 is 0. The maximum Gasteiger partial charge on any atom is 0.162 e. The van der Waals surface area contributed by atoms with E-state index in [0.29, 0.717) is 30.3 Å². The molecule has 0 spiro atoms. The highest BCUT2D eigenvalue weighted by Gasteiger charge is 2.21. The molecule has 1 N–H and O–H groups in total. The number of rotatable bonds is 11. The molecule has 0 fully saturated rings. The van der Waals surface area contributed by atoms with Gasteiger partial charge in [-0.15, -0.1) is 0 Å². The quantitative estimate of drug-likeness (QED) is 0.194. The summed E-state index contributed by atoms with van der Waals surface area (Å²) in [6, 6.07) is 25.9. The third-order valence-corrected chi connectivity index (χ3v) is 7.53. The first kappa shape index (κ1) is 29.0. The van der Waals surface area contributed by atoms with E-state index in [9.17, 15) is 4.79 Å². The molecule has 1 unspecified atom stereocenters. The molecule has 1 aliphatic heterocycles. The highest BCUT2D eigenvalue weighted by atomic mass is 16.5. The number of nitrogens with one attached hydrogen (secondary N) is 1. The lowest BCUT2D eigenvalue weighted by Crippen LogP contribution is -2.28. The van der Waals surface area contributed by atoms with Gasteiger partial charge in [0.05, 0.1) is 20.3 Å². The number of carbonyl (C=O) groups excluding carboxylic acids is 1.